The molecular formula is C14H13NO3. The third kappa shape index (κ3) is 3.01. The van der Waals surface area contributed by atoms with E-state index in [9.17, 15) is 14.9 Å². The van der Waals surface area contributed by atoms with Crippen LogP contribution in [0.4, 0.5) is 5.69 Å². The Morgan fingerprint density at radius 2 is 2.06 bits per heavy atom. The molecule has 4 heteroatoms. The number of allylic oxidation sites excluding steroid dienone is 5. The van der Waals surface area contributed by atoms with Crippen LogP contribution in [-0.2, 0) is 0 Å². The van der Waals surface area contributed by atoms with Crippen molar-refractivity contribution in [2.24, 2.45) is 0 Å². The van der Waals surface area contributed by atoms with Gasteiger partial charge in [-0.25, -0.2) is 0 Å². The molecule has 0 aliphatic rings. The topological polar surface area (TPSA) is 60.2 Å². The fourth-order valence-electron chi connectivity index (χ4n) is 1.42. The molecule has 1 rings (SSSR count). The highest BCUT2D eigenvalue weighted by molar-refractivity contribution is 6.12. The number of Topliss-reactive ketones (excluding diaryl/α,β-unsaturated/α-hetero) is 1. The third-order valence-corrected chi connectivity index (χ3v) is 2.30. The van der Waals surface area contributed by atoms with Crippen molar-refractivity contribution in [3.8, 4) is 0 Å². The van der Waals surface area contributed by atoms with Crippen molar-refractivity contribution in [3.05, 3.63) is 76.4 Å². The van der Waals surface area contributed by atoms with Crippen LogP contribution in [0.25, 0.3) is 0 Å². The molecule has 18 heavy (non-hydrogen) atoms. The fourth-order valence-corrected chi connectivity index (χ4v) is 1.42. The lowest BCUT2D eigenvalue weighted by atomic mass is 10.0. The largest absolute Gasteiger partial charge is 0.288 e. The van der Waals surface area contributed by atoms with E-state index in [0.29, 0.717) is 5.57 Å². The standard InChI is InChI=1S/C14H13NO3/c1-3-5-8-11(4-2)14(16)12-9-6-7-10-13(12)15(17)18/h3-10H,2H2,1H3/b5-3-,11-8+. The van der Waals surface area contributed by atoms with Crippen LogP contribution in [0, 0.1) is 10.1 Å². The highest BCUT2D eigenvalue weighted by Crippen LogP contribution is 2.21. The zero-order valence-electron chi connectivity index (χ0n) is 10.00. The number of nitrogens with zero attached hydrogens (tertiary/aromatic N) is 1. The van der Waals surface area contributed by atoms with Crippen LogP contribution in [0.5, 0.6) is 0 Å². The van der Waals surface area contributed by atoms with Crippen LogP contribution in [0.2, 0.25) is 0 Å². The van der Waals surface area contributed by atoms with Crippen molar-refractivity contribution in [1.82, 2.24) is 0 Å². The summed E-state index contributed by atoms with van der Waals surface area (Å²) < 4.78 is 0. The van der Waals surface area contributed by atoms with Gasteiger partial charge in [-0.15, -0.1) is 0 Å². The summed E-state index contributed by atoms with van der Waals surface area (Å²) in [5.74, 6) is -0.407. The van der Waals surface area contributed by atoms with Crippen LogP contribution < -0.4 is 0 Å². The Labute approximate surface area is 105 Å². The molecule has 0 fully saturated rings. The first-order valence-corrected chi connectivity index (χ1v) is 5.35. The molecule has 1 aromatic carbocycles. The van der Waals surface area contributed by atoms with Crippen molar-refractivity contribution in [1.29, 1.82) is 0 Å². The van der Waals surface area contributed by atoms with Gasteiger partial charge in [0.25, 0.3) is 5.69 Å². The number of ketones is 1. The predicted octanol–water partition coefficient (Wildman–Crippen LogP) is 3.47. The Bertz CT molecular complexity index is 542. The maximum atomic E-state index is 12.1. The molecule has 92 valence electrons. The van der Waals surface area contributed by atoms with Gasteiger partial charge in [0.05, 0.1) is 4.92 Å². The summed E-state index contributed by atoms with van der Waals surface area (Å²) in [6, 6.07) is 5.87. The van der Waals surface area contributed by atoms with Crippen LogP contribution >= 0.6 is 0 Å². The molecule has 4 nitrogen and oxygen atoms in total. The van der Waals surface area contributed by atoms with Gasteiger partial charge in [-0.05, 0) is 13.0 Å². The van der Waals surface area contributed by atoms with E-state index in [4.69, 9.17) is 0 Å². The molecule has 0 atom stereocenters. The van der Waals surface area contributed by atoms with Gasteiger partial charge < -0.3 is 0 Å². The molecule has 0 heterocycles. The fraction of sp³-hybridized carbons (Fsp3) is 0.0714. The van der Waals surface area contributed by atoms with Crippen molar-refractivity contribution in [3.63, 3.8) is 0 Å². The smallest absolute Gasteiger partial charge is 0.280 e. The average Bonchev–Trinajstić information content (AvgIpc) is 2.39. The van der Waals surface area contributed by atoms with E-state index < -0.39 is 10.7 Å². The van der Waals surface area contributed by atoms with Crippen molar-refractivity contribution < 1.29 is 9.72 Å². The van der Waals surface area contributed by atoms with Crippen LogP contribution in [0.1, 0.15) is 17.3 Å². The molecule has 0 aliphatic carbocycles. The molecule has 1 aromatic rings. The minimum absolute atomic E-state index is 0.0677. The molecule has 0 aromatic heterocycles. The summed E-state index contributed by atoms with van der Waals surface area (Å²) in [5.41, 5.74) is 0.191. The number of carbonyl (C=O) groups excluding carboxylic acids is 1. The van der Waals surface area contributed by atoms with Gasteiger partial charge in [0.15, 0.2) is 5.78 Å². The quantitative estimate of drug-likeness (QED) is 0.261. The monoisotopic (exact) mass is 243 g/mol. The van der Waals surface area contributed by atoms with E-state index in [1.807, 2.05) is 6.92 Å². The molecular weight excluding hydrogens is 230 g/mol. The minimum atomic E-state index is -0.566. The Morgan fingerprint density at radius 1 is 1.39 bits per heavy atom. The normalized spacial score (nSPS) is 11.5. The third-order valence-electron chi connectivity index (χ3n) is 2.30. The zero-order valence-corrected chi connectivity index (χ0v) is 10.00. The van der Waals surface area contributed by atoms with Gasteiger partial charge >= 0.3 is 0 Å². The lowest BCUT2D eigenvalue weighted by molar-refractivity contribution is -0.385. The molecule has 0 saturated carbocycles. The van der Waals surface area contributed by atoms with E-state index in [-0.39, 0.29) is 11.3 Å². The van der Waals surface area contributed by atoms with Gasteiger partial charge in [-0.2, -0.15) is 0 Å². The molecule has 0 unspecified atom stereocenters. The van der Waals surface area contributed by atoms with Gasteiger partial charge in [0.2, 0.25) is 0 Å². The number of hydrogen-bond acceptors (Lipinski definition) is 3. The number of para-hydroxylation sites is 1. The lowest BCUT2D eigenvalue weighted by Crippen LogP contribution is -2.05. The minimum Gasteiger partial charge on any atom is -0.288 e. The first-order chi connectivity index (χ1) is 8.61. The van der Waals surface area contributed by atoms with Crippen molar-refractivity contribution in [2.45, 2.75) is 6.92 Å². The van der Waals surface area contributed by atoms with E-state index in [1.54, 1.807) is 24.3 Å². The van der Waals surface area contributed by atoms with E-state index >= 15 is 0 Å². The second kappa shape index (κ2) is 6.30. The second-order valence-electron chi connectivity index (χ2n) is 3.46. The summed E-state index contributed by atoms with van der Waals surface area (Å²) in [6.07, 6.45) is 6.41. The molecule has 0 N–H and O–H groups in total. The summed E-state index contributed by atoms with van der Waals surface area (Å²) in [4.78, 5) is 22.4. The number of carbonyl (C=O) groups is 1. The van der Waals surface area contributed by atoms with Crippen molar-refractivity contribution in [2.75, 3.05) is 0 Å². The van der Waals surface area contributed by atoms with Crippen LogP contribution in [0.15, 0.2) is 60.7 Å². The Hall–Kier alpha value is -2.49. The number of nitro groups is 1. The molecule has 0 aliphatic heterocycles. The number of nitro benzene ring substituents is 1. The first kappa shape index (κ1) is 13.6. The summed E-state index contributed by atoms with van der Waals surface area (Å²) >= 11 is 0. The lowest BCUT2D eigenvalue weighted by Gasteiger charge is -2.02. The summed E-state index contributed by atoms with van der Waals surface area (Å²) in [6.45, 7) is 5.35. The summed E-state index contributed by atoms with van der Waals surface area (Å²) in [7, 11) is 0. The summed E-state index contributed by atoms with van der Waals surface area (Å²) in [5, 5.41) is 10.8. The van der Waals surface area contributed by atoms with Gasteiger partial charge in [-0.3, -0.25) is 14.9 Å². The Balaban J connectivity index is 3.26. The molecule has 0 saturated heterocycles. The number of rotatable bonds is 5. The van der Waals surface area contributed by atoms with Crippen molar-refractivity contribution >= 4 is 11.5 Å². The van der Waals surface area contributed by atoms with Gasteiger partial charge in [0.1, 0.15) is 5.56 Å². The highest BCUT2D eigenvalue weighted by atomic mass is 16.6. The number of hydrogen-bond donors (Lipinski definition) is 0. The highest BCUT2D eigenvalue weighted by Gasteiger charge is 2.20. The van der Waals surface area contributed by atoms with Gasteiger partial charge in [0, 0.05) is 11.6 Å². The molecule has 0 amide bonds. The van der Waals surface area contributed by atoms with Gasteiger partial charge in [-0.1, -0.05) is 43.0 Å². The maximum Gasteiger partial charge on any atom is 0.280 e. The van der Waals surface area contributed by atoms with E-state index in [1.165, 1.54) is 24.3 Å². The maximum absolute atomic E-state index is 12.1. The molecule has 0 bridgehead atoms. The van der Waals surface area contributed by atoms with E-state index in [0.717, 1.165) is 0 Å². The SMILES string of the molecule is C=C/C(=C\C=C/C)C(=O)c1ccccc1[N+](=O)[O-]. The number of benzene rings is 1. The molecule has 0 radical (unpaired) electrons. The zero-order chi connectivity index (χ0) is 13.5. The Morgan fingerprint density at radius 3 is 2.61 bits per heavy atom. The Kier molecular flexibility index (Phi) is 4.75. The average molecular weight is 243 g/mol. The second-order valence-corrected chi connectivity index (χ2v) is 3.46. The van der Waals surface area contributed by atoms with Crippen LogP contribution in [0.3, 0.4) is 0 Å². The first-order valence-electron chi connectivity index (χ1n) is 5.35. The van der Waals surface area contributed by atoms with E-state index in [2.05, 4.69) is 6.58 Å². The predicted molar refractivity (Wildman–Crippen MR) is 70.5 cm³/mol. The molecule has 0 spiro atoms. The van der Waals surface area contributed by atoms with Crippen LogP contribution in [-0.4, -0.2) is 10.7 Å².